The van der Waals surface area contributed by atoms with Crippen LogP contribution in [0.4, 0.5) is 10.1 Å². The Balaban J connectivity index is 1.74. The highest BCUT2D eigenvalue weighted by Crippen LogP contribution is 2.22. The fraction of sp³-hybridized carbons (Fsp3) is 0.222. The van der Waals surface area contributed by atoms with Gasteiger partial charge in [0.25, 0.3) is 0 Å². The molecule has 5 heteroatoms. The summed E-state index contributed by atoms with van der Waals surface area (Å²) in [4.78, 5) is 18.1. The van der Waals surface area contributed by atoms with E-state index in [-0.39, 0.29) is 11.6 Å². The maximum absolute atomic E-state index is 14.3. The van der Waals surface area contributed by atoms with E-state index in [1.807, 2.05) is 11.0 Å². The van der Waals surface area contributed by atoms with Crippen molar-refractivity contribution >= 4 is 17.5 Å². The van der Waals surface area contributed by atoms with Crippen molar-refractivity contribution in [3.8, 4) is 0 Å². The standard InChI is InChI=1S/C18H17FN2O2/c19-16-12-15(4-5-17(16)21-8-10-23-11-9-21)18(22)6-3-14-2-1-7-20-13-14/h1-7,12-13H,8-11H2/b6-3+. The Morgan fingerprint density at radius 1 is 1.26 bits per heavy atom. The number of allylic oxidation sites excluding steroid dienone is 1. The zero-order valence-electron chi connectivity index (χ0n) is 12.6. The molecule has 1 aliphatic heterocycles. The summed E-state index contributed by atoms with van der Waals surface area (Å²) in [6.07, 6.45) is 6.42. The Morgan fingerprint density at radius 3 is 2.78 bits per heavy atom. The molecule has 0 N–H and O–H groups in total. The molecule has 0 spiro atoms. The first-order valence-corrected chi connectivity index (χ1v) is 7.49. The summed E-state index contributed by atoms with van der Waals surface area (Å²) >= 11 is 0. The molecule has 0 saturated carbocycles. The number of rotatable bonds is 4. The maximum Gasteiger partial charge on any atom is 0.185 e. The zero-order chi connectivity index (χ0) is 16.1. The van der Waals surface area contributed by atoms with Crippen LogP contribution in [-0.2, 0) is 4.74 Å². The van der Waals surface area contributed by atoms with Gasteiger partial charge in [-0.1, -0.05) is 6.07 Å². The van der Waals surface area contributed by atoms with Gasteiger partial charge < -0.3 is 9.64 Å². The van der Waals surface area contributed by atoms with Crippen molar-refractivity contribution in [1.29, 1.82) is 0 Å². The molecule has 0 radical (unpaired) electrons. The lowest BCUT2D eigenvalue weighted by Gasteiger charge is -2.29. The van der Waals surface area contributed by atoms with Crippen molar-refractivity contribution in [2.24, 2.45) is 0 Å². The van der Waals surface area contributed by atoms with Crippen LogP contribution in [-0.4, -0.2) is 37.1 Å². The quantitative estimate of drug-likeness (QED) is 0.643. The van der Waals surface area contributed by atoms with Crippen molar-refractivity contribution in [3.05, 3.63) is 65.7 Å². The largest absolute Gasteiger partial charge is 0.378 e. The molecule has 0 aliphatic carbocycles. The first-order chi connectivity index (χ1) is 11.2. The second-order valence-corrected chi connectivity index (χ2v) is 5.25. The topological polar surface area (TPSA) is 42.4 Å². The molecule has 0 amide bonds. The molecule has 1 aromatic heterocycles. The van der Waals surface area contributed by atoms with Gasteiger partial charge in [-0.15, -0.1) is 0 Å². The molecule has 0 bridgehead atoms. The Bertz CT molecular complexity index is 710. The van der Waals surface area contributed by atoms with Crippen LogP contribution in [0.3, 0.4) is 0 Å². The van der Waals surface area contributed by atoms with Gasteiger partial charge in [0.15, 0.2) is 5.78 Å². The third-order valence-electron chi connectivity index (χ3n) is 3.70. The highest BCUT2D eigenvalue weighted by atomic mass is 19.1. The summed E-state index contributed by atoms with van der Waals surface area (Å²) in [5.41, 5.74) is 1.67. The Hall–Kier alpha value is -2.53. The predicted molar refractivity (Wildman–Crippen MR) is 87.0 cm³/mol. The number of carbonyl (C=O) groups is 1. The highest BCUT2D eigenvalue weighted by molar-refractivity contribution is 6.07. The number of aromatic nitrogens is 1. The molecule has 1 aliphatic rings. The first kappa shape index (κ1) is 15.4. The van der Waals surface area contributed by atoms with Gasteiger partial charge in [-0.25, -0.2) is 4.39 Å². The van der Waals surface area contributed by atoms with Crippen LogP contribution in [0, 0.1) is 5.82 Å². The molecule has 2 aromatic rings. The van der Waals surface area contributed by atoms with Gasteiger partial charge in [0, 0.05) is 31.0 Å². The van der Waals surface area contributed by atoms with Gasteiger partial charge in [-0.05, 0) is 42.0 Å². The number of hydrogen-bond acceptors (Lipinski definition) is 4. The summed E-state index contributed by atoms with van der Waals surface area (Å²) in [6.45, 7) is 2.50. The van der Waals surface area contributed by atoms with Gasteiger partial charge in [0.2, 0.25) is 0 Å². The van der Waals surface area contributed by atoms with E-state index in [2.05, 4.69) is 4.98 Å². The van der Waals surface area contributed by atoms with E-state index in [1.165, 1.54) is 12.1 Å². The molecule has 2 heterocycles. The van der Waals surface area contributed by atoms with E-state index in [0.29, 0.717) is 37.6 Å². The molecule has 4 nitrogen and oxygen atoms in total. The van der Waals surface area contributed by atoms with Gasteiger partial charge in [0.1, 0.15) is 5.82 Å². The average molecular weight is 312 g/mol. The van der Waals surface area contributed by atoms with Gasteiger partial charge in [-0.2, -0.15) is 0 Å². The number of hydrogen-bond donors (Lipinski definition) is 0. The number of halogens is 1. The van der Waals surface area contributed by atoms with Crippen LogP contribution in [0.25, 0.3) is 6.08 Å². The number of benzene rings is 1. The van der Waals surface area contributed by atoms with Gasteiger partial charge >= 0.3 is 0 Å². The summed E-state index contributed by atoms with van der Waals surface area (Å²) in [7, 11) is 0. The molecule has 3 rings (SSSR count). The monoisotopic (exact) mass is 312 g/mol. The minimum atomic E-state index is -0.382. The van der Waals surface area contributed by atoms with Gasteiger partial charge in [0.05, 0.1) is 18.9 Å². The summed E-state index contributed by atoms with van der Waals surface area (Å²) in [6, 6.07) is 8.25. The molecule has 0 atom stereocenters. The van der Waals surface area contributed by atoms with E-state index in [1.54, 1.807) is 36.7 Å². The van der Waals surface area contributed by atoms with Crippen LogP contribution < -0.4 is 4.90 Å². The van der Waals surface area contributed by atoms with Crippen molar-refractivity contribution in [2.45, 2.75) is 0 Å². The molecule has 1 saturated heterocycles. The maximum atomic E-state index is 14.3. The van der Waals surface area contributed by atoms with E-state index < -0.39 is 0 Å². The Kier molecular flexibility index (Phi) is 4.78. The highest BCUT2D eigenvalue weighted by Gasteiger charge is 2.16. The Labute approximate surface area is 134 Å². The zero-order valence-corrected chi connectivity index (χ0v) is 12.6. The number of anilines is 1. The number of morpholine rings is 1. The fourth-order valence-electron chi connectivity index (χ4n) is 2.46. The normalized spacial score (nSPS) is 15.1. The summed E-state index contributed by atoms with van der Waals surface area (Å²) in [5.74, 6) is -0.617. The number of ketones is 1. The fourth-order valence-corrected chi connectivity index (χ4v) is 2.46. The van der Waals surface area contributed by atoms with Crippen LogP contribution in [0.15, 0.2) is 48.8 Å². The number of ether oxygens (including phenoxy) is 1. The SMILES string of the molecule is O=C(/C=C/c1cccnc1)c1ccc(N2CCOCC2)c(F)c1. The molecule has 118 valence electrons. The average Bonchev–Trinajstić information content (AvgIpc) is 2.61. The van der Waals surface area contributed by atoms with E-state index in [9.17, 15) is 9.18 Å². The van der Waals surface area contributed by atoms with E-state index in [0.717, 1.165) is 5.56 Å². The molecule has 0 unspecified atom stereocenters. The number of carbonyl (C=O) groups excluding carboxylic acids is 1. The van der Waals surface area contributed by atoms with Crippen molar-refractivity contribution < 1.29 is 13.9 Å². The third kappa shape index (κ3) is 3.81. The molecular weight excluding hydrogens is 295 g/mol. The van der Waals surface area contributed by atoms with Crippen molar-refractivity contribution in [1.82, 2.24) is 4.98 Å². The molecule has 1 aromatic carbocycles. The smallest absolute Gasteiger partial charge is 0.185 e. The second kappa shape index (κ2) is 7.15. The van der Waals surface area contributed by atoms with Gasteiger partial charge in [-0.3, -0.25) is 9.78 Å². The number of nitrogens with zero attached hydrogens (tertiary/aromatic N) is 2. The van der Waals surface area contributed by atoms with Crippen LogP contribution >= 0.6 is 0 Å². The van der Waals surface area contributed by atoms with Crippen LogP contribution in [0.1, 0.15) is 15.9 Å². The van der Waals surface area contributed by atoms with Crippen LogP contribution in [0.5, 0.6) is 0 Å². The second-order valence-electron chi connectivity index (χ2n) is 5.25. The lowest BCUT2D eigenvalue weighted by Crippen LogP contribution is -2.36. The molecular formula is C18H17FN2O2. The lowest BCUT2D eigenvalue weighted by atomic mass is 10.1. The van der Waals surface area contributed by atoms with Crippen molar-refractivity contribution in [3.63, 3.8) is 0 Å². The lowest BCUT2D eigenvalue weighted by molar-refractivity contribution is 0.104. The van der Waals surface area contributed by atoms with Crippen molar-refractivity contribution in [2.75, 3.05) is 31.2 Å². The van der Waals surface area contributed by atoms with E-state index in [4.69, 9.17) is 4.74 Å². The summed E-state index contributed by atoms with van der Waals surface area (Å²) < 4.78 is 19.6. The Morgan fingerprint density at radius 2 is 2.09 bits per heavy atom. The summed E-state index contributed by atoms with van der Waals surface area (Å²) in [5, 5.41) is 0. The minimum absolute atomic E-state index is 0.235. The predicted octanol–water partition coefficient (Wildman–Crippen LogP) is 2.95. The molecule has 23 heavy (non-hydrogen) atoms. The molecule has 1 fully saturated rings. The minimum Gasteiger partial charge on any atom is -0.378 e. The van der Waals surface area contributed by atoms with Crippen LogP contribution in [0.2, 0.25) is 0 Å². The first-order valence-electron chi connectivity index (χ1n) is 7.49. The third-order valence-corrected chi connectivity index (χ3v) is 3.70. The van der Waals surface area contributed by atoms with E-state index >= 15 is 0 Å². The number of pyridine rings is 1.